The summed E-state index contributed by atoms with van der Waals surface area (Å²) in [7, 11) is -3.54. The zero-order chi connectivity index (χ0) is 13.4. The first-order valence-corrected chi connectivity index (χ1v) is 7.47. The SMILES string of the molecule is CCCNS(=O)(=O)NC(CO)Cc1ccccc1. The summed E-state index contributed by atoms with van der Waals surface area (Å²) in [6.07, 6.45) is 1.19. The molecular weight excluding hydrogens is 252 g/mol. The maximum Gasteiger partial charge on any atom is 0.277 e. The standard InChI is InChI=1S/C12H20N2O3S/c1-2-8-13-18(16,17)14-12(10-15)9-11-6-4-3-5-7-11/h3-7,12-15H,2,8-10H2,1H3. The maximum atomic E-state index is 11.6. The van der Waals surface area contributed by atoms with E-state index in [1.54, 1.807) is 0 Å². The van der Waals surface area contributed by atoms with E-state index in [0.717, 1.165) is 12.0 Å². The smallest absolute Gasteiger partial charge is 0.277 e. The summed E-state index contributed by atoms with van der Waals surface area (Å²) in [6.45, 7) is 2.04. The van der Waals surface area contributed by atoms with E-state index in [-0.39, 0.29) is 6.61 Å². The van der Waals surface area contributed by atoms with E-state index in [0.29, 0.717) is 13.0 Å². The maximum absolute atomic E-state index is 11.6. The molecule has 0 aromatic heterocycles. The van der Waals surface area contributed by atoms with Crippen LogP contribution < -0.4 is 9.44 Å². The molecule has 1 atom stereocenters. The summed E-state index contributed by atoms with van der Waals surface area (Å²) >= 11 is 0. The van der Waals surface area contributed by atoms with Gasteiger partial charge in [0.25, 0.3) is 10.2 Å². The predicted octanol–water partition coefficient (Wildman–Crippen LogP) is 0.424. The van der Waals surface area contributed by atoms with Crippen molar-refractivity contribution in [2.45, 2.75) is 25.8 Å². The summed E-state index contributed by atoms with van der Waals surface area (Å²) in [5.74, 6) is 0. The Hall–Kier alpha value is -0.950. The van der Waals surface area contributed by atoms with Gasteiger partial charge in [-0.05, 0) is 18.4 Å². The molecule has 102 valence electrons. The highest BCUT2D eigenvalue weighted by Gasteiger charge is 2.16. The lowest BCUT2D eigenvalue weighted by atomic mass is 10.1. The fourth-order valence-electron chi connectivity index (χ4n) is 1.54. The number of rotatable bonds is 8. The molecular formula is C12H20N2O3S. The first kappa shape index (κ1) is 15.1. The molecule has 6 heteroatoms. The van der Waals surface area contributed by atoms with Crippen LogP contribution in [0, 0.1) is 0 Å². The Balaban J connectivity index is 2.57. The Kier molecular flexibility index (Phi) is 6.28. The molecule has 0 fully saturated rings. The third kappa shape index (κ3) is 5.59. The molecule has 0 heterocycles. The molecule has 0 aliphatic rings. The number of benzene rings is 1. The van der Waals surface area contributed by atoms with Crippen LogP contribution in [0.15, 0.2) is 30.3 Å². The van der Waals surface area contributed by atoms with Gasteiger partial charge >= 0.3 is 0 Å². The minimum absolute atomic E-state index is 0.234. The normalized spacial score (nSPS) is 13.4. The monoisotopic (exact) mass is 272 g/mol. The van der Waals surface area contributed by atoms with Crippen LogP contribution in [0.4, 0.5) is 0 Å². The molecule has 3 N–H and O–H groups in total. The lowest BCUT2D eigenvalue weighted by Crippen LogP contribution is -2.45. The number of aliphatic hydroxyl groups excluding tert-OH is 1. The molecule has 0 aliphatic heterocycles. The Morgan fingerprint density at radius 3 is 2.50 bits per heavy atom. The highest BCUT2D eigenvalue weighted by atomic mass is 32.2. The topological polar surface area (TPSA) is 78.4 Å². The Bertz CT molecular complexity index is 434. The second-order valence-electron chi connectivity index (χ2n) is 4.08. The molecule has 0 aliphatic carbocycles. The molecule has 0 saturated carbocycles. The average Bonchev–Trinajstić information content (AvgIpc) is 2.36. The molecule has 0 bridgehead atoms. The summed E-state index contributed by atoms with van der Waals surface area (Å²) < 4.78 is 28.1. The molecule has 1 aromatic rings. The summed E-state index contributed by atoms with van der Waals surface area (Å²) in [6, 6.07) is 8.94. The van der Waals surface area contributed by atoms with Crippen molar-refractivity contribution < 1.29 is 13.5 Å². The second kappa shape index (κ2) is 7.48. The van der Waals surface area contributed by atoms with E-state index in [1.165, 1.54) is 0 Å². The van der Waals surface area contributed by atoms with Crippen LogP contribution in [0.3, 0.4) is 0 Å². The van der Waals surface area contributed by atoms with Crippen molar-refractivity contribution >= 4 is 10.2 Å². The van der Waals surface area contributed by atoms with Crippen LogP contribution in [-0.2, 0) is 16.6 Å². The van der Waals surface area contributed by atoms with Crippen LogP contribution >= 0.6 is 0 Å². The van der Waals surface area contributed by atoms with Gasteiger partial charge in [-0.25, -0.2) is 4.72 Å². The lowest BCUT2D eigenvalue weighted by Gasteiger charge is -2.16. The first-order valence-electron chi connectivity index (χ1n) is 5.99. The number of nitrogens with one attached hydrogen (secondary N) is 2. The van der Waals surface area contributed by atoms with Crippen molar-refractivity contribution in [1.82, 2.24) is 9.44 Å². The van der Waals surface area contributed by atoms with Crippen molar-refractivity contribution in [1.29, 1.82) is 0 Å². The highest BCUT2D eigenvalue weighted by Crippen LogP contribution is 2.03. The van der Waals surface area contributed by atoms with E-state index < -0.39 is 16.3 Å². The quantitative estimate of drug-likeness (QED) is 0.642. The first-order chi connectivity index (χ1) is 8.57. The van der Waals surface area contributed by atoms with Gasteiger partial charge in [0.1, 0.15) is 0 Å². The molecule has 0 spiro atoms. The van der Waals surface area contributed by atoms with E-state index >= 15 is 0 Å². The molecule has 18 heavy (non-hydrogen) atoms. The van der Waals surface area contributed by atoms with Gasteiger partial charge in [0.15, 0.2) is 0 Å². The van der Waals surface area contributed by atoms with Crippen molar-refractivity contribution in [3.8, 4) is 0 Å². The Labute approximate surface area is 108 Å². The number of aliphatic hydroxyl groups is 1. The average molecular weight is 272 g/mol. The van der Waals surface area contributed by atoms with Crippen molar-refractivity contribution in [3.63, 3.8) is 0 Å². The molecule has 5 nitrogen and oxygen atoms in total. The van der Waals surface area contributed by atoms with Gasteiger partial charge in [-0.3, -0.25) is 0 Å². The Morgan fingerprint density at radius 2 is 1.94 bits per heavy atom. The van der Waals surface area contributed by atoms with E-state index in [9.17, 15) is 13.5 Å². The molecule has 1 aromatic carbocycles. The van der Waals surface area contributed by atoms with Crippen molar-refractivity contribution in [2.75, 3.05) is 13.2 Å². The lowest BCUT2D eigenvalue weighted by molar-refractivity contribution is 0.255. The van der Waals surface area contributed by atoms with Gasteiger partial charge in [0.2, 0.25) is 0 Å². The van der Waals surface area contributed by atoms with E-state index in [4.69, 9.17) is 0 Å². The largest absolute Gasteiger partial charge is 0.395 e. The molecule has 0 radical (unpaired) electrons. The third-order valence-corrected chi connectivity index (χ3v) is 3.64. The van der Waals surface area contributed by atoms with Gasteiger partial charge in [-0.15, -0.1) is 0 Å². The number of hydrogen-bond acceptors (Lipinski definition) is 3. The summed E-state index contributed by atoms with van der Waals surface area (Å²) in [5.41, 5.74) is 0.981. The summed E-state index contributed by atoms with van der Waals surface area (Å²) in [4.78, 5) is 0. The van der Waals surface area contributed by atoms with E-state index in [1.807, 2.05) is 37.3 Å². The van der Waals surface area contributed by atoms with Gasteiger partial charge < -0.3 is 5.11 Å². The second-order valence-corrected chi connectivity index (χ2v) is 5.62. The molecule has 0 saturated heterocycles. The van der Waals surface area contributed by atoms with Crippen LogP contribution in [0.1, 0.15) is 18.9 Å². The zero-order valence-corrected chi connectivity index (χ0v) is 11.3. The predicted molar refractivity (Wildman–Crippen MR) is 71.4 cm³/mol. The number of hydrogen-bond donors (Lipinski definition) is 3. The Morgan fingerprint density at radius 1 is 1.28 bits per heavy atom. The molecule has 1 rings (SSSR count). The third-order valence-electron chi connectivity index (χ3n) is 2.41. The van der Waals surface area contributed by atoms with Crippen LogP contribution in [0.2, 0.25) is 0 Å². The molecule has 1 unspecified atom stereocenters. The van der Waals surface area contributed by atoms with Gasteiger partial charge in [-0.2, -0.15) is 13.1 Å². The zero-order valence-electron chi connectivity index (χ0n) is 10.5. The van der Waals surface area contributed by atoms with Gasteiger partial charge in [-0.1, -0.05) is 37.3 Å². The molecule has 0 amide bonds. The fourth-order valence-corrected chi connectivity index (χ4v) is 2.69. The summed E-state index contributed by atoms with van der Waals surface area (Å²) in [5, 5.41) is 9.22. The van der Waals surface area contributed by atoms with Crippen LogP contribution in [0.5, 0.6) is 0 Å². The van der Waals surface area contributed by atoms with Gasteiger partial charge in [0, 0.05) is 6.54 Å². The minimum Gasteiger partial charge on any atom is -0.395 e. The van der Waals surface area contributed by atoms with Crippen molar-refractivity contribution in [2.24, 2.45) is 0 Å². The van der Waals surface area contributed by atoms with Crippen LogP contribution in [-0.4, -0.2) is 32.7 Å². The van der Waals surface area contributed by atoms with Crippen molar-refractivity contribution in [3.05, 3.63) is 35.9 Å². The van der Waals surface area contributed by atoms with Gasteiger partial charge in [0.05, 0.1) is 12.6 Å². The fraction of sp³-hybridized carbons (Fsp3) is 0.500. The highest BCUT2D eigenvalue weighted by molar-refractivity contribution is 7.87. The van der Waals surface area contributed by atoms with E-state index in [2.05, 4.69) is 9.44 Å². The minimum atomic E-state index is -3.54. The van der Waals surface area contributed by atoms with Crippen LogP contribution in [0.25, 0.3) is 0 Å².